The van der Waals surface area contributed by atoms with Gasteiger partial charge in [0.15, 0.2) is 23.0 Å². The topological polar surface area (TPSA) is 63.6 Å². The van der Waals surface area contributed by atoms with Crippen molar-refractivity contribution >= 4 is 34.9 Å². The van der Waals surface area contributed by atoms with Crippen molar-refractivity contribution in [2.75, 3.05) is 0 Å². The zero-order chi connectivity index (χ0) is 8.15. The highest BCUT2D eigenvalue weighted by Gasteiger charge is 2.10. The minimum Gasteiger partial charge on any atom is -0.481 e. The van der Waals surface area contributed by atoms with E-state index in [-0.39, 0.29) is 12.0 Å². The fraction of sp³-hybridized carbons (Fsp3) is 0.200. The van der Waals surface area contributed by atoms with Crippen LogP contribution in [-0.4, -0.2) is 17.0 Å². The molecular formula is C5H5IO4. The van der Waals surface area contributed by atoms with Crippen molar-refractivity contribution < 1.29 is 17.8 Å². The van der Waals surface area contributed by atoms with Gasteiger partial charge in [0.2, 0.25) is 0 Å². The summed E-state index contributed by atoms with van der Waals surface area (Å²) in [6, 6.07) is 0. The molecule has 5 heteroatoms. The molecule has 0 aliphatic carbocycles. The molecule has 10 heavy (non-hydrogen) atoms. The Hall–Kier alpha value is -0.590. The fourth-order valence-electron chi connectivity index (χ4n) is 0.309. The normalized spacial score (nSPS) is 8.50. The van der Waals surface area contributed by atoms with E-state index in [9.17, 15) is 9.59 Å². The molecule has 0 aromatic carbocycles. The highest BCUT2D eigenvalue weighted by atomic mass is 127. The number of rotatable bonds is 3. The summed E-state index contributed by atoms with van der Waals surface area (Å²) in [5.41, 5.74) is -0.0538. The molecule has 1 N–H and O–H groups in total. The number of hydrogen-bond acceptors (Lipinski definition) is 3. The SMILES string of the molecule is C=C(CC(=O)O)C(=O)OI. The van der Waals surface area contributed by atoms with Gasteiger partial charge in [0.1, 0.15) is 0 Å². The monoisotopic (exact) mass is 256 g/mol. The number of halogens is 1. The van der Waals surface area contributed by atoms with Gasteiger partial charge in [-0.05, 0) is 0 Å². The molecule has 0 saturated heterocycles. The maximum Gasteiger partial charge on any atom is 0.343 e. The van der Waals surface area contributed by atoms with E-state index in [1.165, 1.54) is 23.0 Å². The second-order valence-electron chi connectivity index (χ2n) is 1.54. The second kappa shape index (κ2) is 4.26. The van der Waals surface area contributed by atoms with E-state index in [0.717, 1.165) is 0 Å². The van der Waals surface area contributed by atoms with Crippen LogP contribution in [0.1, 0.15) is 6.42 Å². The van der Waals surface area contributed by atoms with Crippen LogP contribution in [0.4, 0.5) is 0 Å². The largest absolute Gasteiger partial charge is 0.481 e. The zero-order valence-electron chi connectivity index (χ0n) is 4.96. The summed E-state index contributed by atoms with van der Waals surface area (Å²) in [6.45, 7) is 3.21. The summed E-state index contributed by atoms with van der Waals surface area (Å²) in [4.78, 5) is 20.4. The highest BCUT2D eigenvalue weighted by molar-refractivity contribution is 14.1. The first-order valence-corrected chi connectivity index (χ1v) is 3.18. The third kappa shape index (κ3) is 3.44. The van der Waals surface area contributed by atoms with Gasteiger partial charge < -0.3 is 8.17 Å². The van der Waals surface area contributed by atoms with E-state index in [4.69, 9.17) is 5.11 Å². The van der Waals surface area contributed by atoms with Crippen LogP contribution in [-0.2, 0) is 12.7 Å². The van der Waals surface area contributed by atoms with Crippen molar-refractivity contribution in [1.29, 1.82) is 0 Å². The maximum absolute atomic E-state index is 10.5. The van der Waals surface area contributed by atoms with E-state index in [1.807, 2.05) is 0 Å². The molecule has 0 aliphatic heterocycles. The van der Waals surface area contributed by atoms with Crippen molar-refractivity contribution in [1.82, 2.24) is 0 Å². The predicted octanol–water partition coefficient (Wildman–Crippen LogP) is 0.910. The van der Waals surface area contributed by atoms with Gasteiger partial charge in [-0.3, -0.25) is 4.79 Å². The van der Waals surface area contributed by atoms with Gasteiger partial charge in [-0.15, -0.1) is 0 Å². The molecule has 0 spiro atoms. The van der Waals surface area contributed by atoms with Crippen LogP contribution in [0, 0.1) is 0 Å². The molecule has 0 aromatic rings. The average Bonchev–Trinajstić information content (AvgIpc) is 1.85. The lowest BCUT2D eigenvalue weighted by Crippen LogP contribution is -2.05. The van der Waals surface area contributed by atoms with Crippen LogP contribution >= 0.6 is 23.0 Å². The number of carboxylic acids is 1. The summed E-state index contributed by atoms with van der Waals surface area (Å²) in [5, 5.41) is 8.16. The van der Waals surface area contributed by atoms with Gasteiger partial charge in [-0.1, -0.05) is 6.58 Å². The Bertz CT molecular complexity index is 174. The van der Waals surface area contributed by atoms with Crippen LogP contribution in [0.15, 0.2) is 12.2 Å². The molecule has 0 radical (unpaired) electrons. The molecule has 0 atom stereocenters. The average molecular weight is 256 g/mol. The number of aliphatic carboxylic acids is 1. The lowest BCUT2D eigenvalue weighted by molar-refractivity contribution is -0.138. The molecule has 4 nitrogen and oxygen atoms in total. The van der Waals surface area contributed by atoms with Crippen molar-refractivity contribution in [3.05, 3.63) is 12.2 Å². The number of carboxylic acid groups (broad SMARTS) is 1. The number of carbonyl (C=O) groups excluding carboxylic acids is 1. The van der Waals surface area contributed by atoms with Gasteiger partial charge in [0.05, 0.1) is 6.42 Å². The number of carbonyl (C=O) groups is 2. The van der Waals surface area contributed by atoms with Gasteiger partial charge in [-0.25, -0.2) is 4.79 Å². The Balaban J connectivity index is 3.86. The molecule has 0 aromatic heterocycles. The summed E-state index contributed by atoms with van der Waals surface area (Å²) in [5.74, 6) is -1.78. The fourth-order valence-corrected chi connectivity index (χ4v) is 0.621. The molecule has 0 heterocycles. The molecule has 0 bridgehead atoms. The van der Waals surface area contributed by atoms with E-state index in [1.54, 1.807) is 0 Å². The third-order valence-corrected chi connectivity index (χ3v) is 1.12. The molecule has 0 unspecified atom stereocenters. The Morgan fingerprint density at radius 3 is 2.40 bits per heavy atom. The molecule has 0 saturated carbocycles. The zero-order valence-corrected chi connectivity index (χ0v) is 7.12. The van der Waals surface area contributed by atoms with E-state index in [2.05, 4.69) is 9.65 Å². The van der Waals surface area contributed by atoms with Crippen LogP contribution in [0.25, 0.3) is 0 Å². The lowest BCUT2D eigenvalue weighted by Gasteiger charge is -1.95. The van der Waals surface area contributed by atoms with E-state index < -0.39 is 11.9 Å². The van der Waals surface area contributed by atoms with Gasteiger partial charge >= 0.3 is 11.9 Å². The van der Waals surface area contributed by atoms with Crippen molar-refractivity contribution in [3.63, 3.8) is 0 Å². The first-order chi connectivity index (χ1) is 4.57. The van der Waals surface area contributed by atoms with Crippen LogP contribution in [0.2, 0.25) is 0 Å². The van der Waals surface area contributed by atoms with Crippen molar-refractivity contribution in [3.8, 4) is 0 Å². The summed E-state index contributed by atoms with van der Waals surface area (Å²) < 4.78 is 4.18. The van der Waals surface area contributed by atoms with Crippen molar-refractivity contribution in [2.45, 2.75) is 6.42 Å². The second-order valence-corrected chi connectivity index (χ2v) is 1.98. The smallest absolute Gasteiger partial charge is 0.343 e. The molecule has 0 aliphatic rings. The standard InChI is InChI=1S/C5H5IO4/c1-3(2-4(7)8)5(9)10-6/h1-2H2,(H,7,8). The minimum absolute atomic E-state index is 0.0538. The lowest BCUT2D eigenvalue weighted by atomic mass is 10.2. The Morgan fingerprint density at radius 1 is 1.60 bits per heavy atom. The predicted molar refractivity (Wildman–Crippen MR) is 41.5 cm³/mol. The molecular weight excluding hydrogens is 251 g/mol. The Kier molecular flexibility index (Phi) is 4.01. The van der Waals surface area contributed by atoms with Gasteiger partial charge in [0, 0.05) is 5.57 Å². The Morgan fingerprint density at radius 2 is 2.10 bits per heavy atom. The van der Waals surface area contributed by atoms with Gasteiger partial charge in [0.25, 0.3) is 0 Å². The van der Waals surface area contributed by atoms with E-state index >= 15 is 0 Å². The van der Waals surface area contributed by atoms with Crippen LogP contribution in [0.3, 0.4) is 0 Å². The molecule has 56 valence electrons. The highest BCUT2D eigenvalue weighted by Crippen LogP contribution is 2.03. The van der Waals surface area contributed by atoms with Crippen LogP contribution < -0.4 is 0 Å². The Labute approximate surface area is 71.6 Å². The number of hydrogen-bond donors (Lipinski definition) is 1. The third-order valence-electron chi connectivity index (χ3n) is 0.723. The summed E-state index contributed by atoms with van der Waals surface area (Å²) >= 11 is 1.37. The quantitative estimate of drug-likeness (QED) is 0.602. The molecule has 0 amide bonds. The first-order valence-electron chi connectivity index (χ1n) is 2.30. The maximum atomic E-state index is 10.5. The summed E-state index contributed by atoms with van der Waals surface area (Å²) in [7, 11) is 0. The van der Waals surface area contributed by atoms with Crippen LogP contribution in [0.5, 0.6) is 0 Å². The van der Waals surface area contributed by atoms with E-state index in [0.29, 0.717) is 0 Å². The van der Waals surface area contributed by atoms with Crippen molar-refractivity contribution in [2.24, 2.45) is 0 Å². The van der Waals surface area contributed by atoms with Gasteiger partial charge in [-0.2, -0.15) is 0 Å². The molecule has 0 fully saturated rings. The minimum atomic E-state index is -1.09. The first kappa shape index (κ1) is 9.41. The molecule has 0 rings (SSSR count). The summed E-state index contributed by atoms with van der Waals surface area (Å²) in [6.07, 6.45) is -0.373.